The second-order valence-electron chi connectivity index (χ2n) is 5.92. The second kappa shape index (κ2) is 7.44. The molecule has 0 aromatic heterocycles. The molecule has 2 N–H and O–H groups in total. The van der Waals surface area contributed by atoms with Crippen molar-refractivity contribution in [1.29, 1.82) is 0 Å². The van der Waals surface area contributed by atoms with Crippen molar-refractivity contribution in [2.75, 3.05) is 13.7 Å². The molecule has 1 aliphatic heterocycles. The first-order valence-corrected chi connectivity index (χ1v) is 9.46. The van der Waals surface area contributed by atoms with Crippen LogP contribution < -0.4 is 10.0 Å². The molecular formula is C18H22N2O3S. The minimum absolute atomic E-state index is 0.284. The number of fused-ring (bicyclic) bond motifs is 1. The fourth-order valence-corrected chi connectivity index (χ4v) is 3.79. The molecule has 0 radical (unpaired) electrons. The van der Waals surface area contributed by atoms with Crippen molar-refractivity contribution < 1.29 is 13.2 Å². The number of sulfonamides is 1. The van der Waals surface area contributed by atoms with Gasteiger partial charge in [0.1, 0.15) is 0 Å². The molecule has 128 valence electrons. The van der Waals surface area contributed by atoms with Gasteiger partial charge in [0.25, 0.3) is 0 Å². The Balaban J connectivity index is 1.65. The Bertz CT molecular complexity index is 802. The zero-order chi connectivity index (χ0) is 17.0. The zero-order valence-electron chi connectivity index (χ0n) is 13.7. The van der Waals surface area contributed by atoms with Gasteiger partial charge in [-0.15, -0.1) is 0 Å². The maximum atomic E-state index is 12.4. The summed E-state index contributed by atoms with van der Waals surface area (Å²) in [7, 11) is -1.86. The molecule has 0 fully saturated rings. The normalized spacial score (nSPS) is 13.9. The summed E-state index contributed by atoms with van der Waals surface area (Å²) in [5.41, 5.74) is 4.56. The van der Waals surface area contributed by atoms with Gasteiger partial charge in [0.2, 0.25) is 10.0 Å². The van der Waals surface area contributed by atoms with E-state index in [1.165, 1.54) is 11.1 Å². The molecule has 2 aromatic rings. The van der Waals surface area contributed by atoms with Gasteiger partial charge < -0.3 is 10.1 Å². The first kappa shape index (κ1) is 17.1. The summed E-state index contributed by atoms with van der Waals surface area (Å²) in [5, 5.41) is 3.29. The summed E-state index contributed by atoms with van der Waals surface area (Å²) in [6.07, 6.45) is 0.771. The van der Waals surface area contributed by atoms with Crippen molar-refractivity contribution in [3.63, 3.8) is 0 Å². The summed E-state index contributed by atoms with van der Waals surface area (Å²) in [5.74, 6) is 0. The largest absolute Gasteiger partial charge is 0.384 e. The van der Waals surface area contributed by atoms with E-state index in [1.54, 1.807) is 19.2 Å². The van der Waals surface area contributed by atoms with E-state index in [2.05, 4.69) is 22.2 Å². The lowest BCUT2D eigenvalue weighted by atomic mass is 10.1. The van der Waals surface area contributed by atoms with E-state index in [0.29, 0.717) is 13.2 Å². The summed E-state index contributed by atoms with van der Waals surface area (Å²) >= 11 is 0. The quantitative estimate of drug-likeness (QED) is 0.804. The van der Waals surface area contributed by atoms with Crippen molar-refractivity contribution in [2.45, 2.75) is 31.0 Å². The molecule has 1 heterocycles. The number of methoxy groups -OCH3 is 1. The molecule has 0 saturated carbocycles. The smallest absolute Gasteiger partial charge is 0.240 e. The van der Waals surface area contributed by atoms with Crippen molar-refractivity contribution in [2.24, 2.45) is 0 Å². The number of benzene rings is 2. The fraction of sp³-hybridized carbons (Fsp3) is 0.333. The third-order valence-corrected chi connectivity index (χ3v) is 5.61. The Morgan fingerprint density at radius 2 is 1.75 bits per heavy atom. The van der Waals surface area contributed by atoms with Crippen LogP contribution in [0.2, 0.25) is 0 Å². The van der Waals surface area contributed by atoms with Crippen molar-refractivity contribution >= 4 is 10.0 Å². The number of nitrogens with one attached hydrogen (secondary N) is 2. The van der Waals surface area contributed by atoms with Crippen molar-refractivity contribution in [3.8, 4) is 0 Å². The maximum Gasteiger partial charge on any atom is 0.240 e. The highest BCUT2D eigenvalue weighted by atomic mass is 32.2. The van der Waals surface area contributed by atoms with E-state index in [9.17, 15) is 8.42 Å². The van der Waals surface area contributed by atoms with Crippen molar-refractivity contribution in [1.82, 2.24) is 10.0 Å². The number of hydrogen-bond acceptors (Lipinski definition) is 4. The van der Waals surface area contributed by atoms with E-state index in [4.69, 9.17) is 4.74 Å². The van der Waals surface area contributed by atoms with Crippen LogP contribution in [-0.2, 0) is 40.8 Å². The molecule has 0 bridgehead atoms. The molecule has 0 unspecified atom stereocenters. The van der Waals surface area contributed by atoms with E-state index in [-0.39, 0.29) is 4.90 Å². The minimum atomic E-state index is -3.51. The van der Waals surface area contributed by atoms with Gasteiger partial charge in [-0.1, -0.05) is 30.3 Å². The molecule has 6 heteroatoms. The monoisotopic (exact) mass is 346 g/mol. The highest BCUT2D eigenvalue weighted by Gasteiger charge is 2.15. The highest BCUT2D eigenvalue weighted by Crippen LogP contribution is 2.18. The van der Waals surface area contributed by atoms with Crippen LogP contribution in [0.5, 0.6) is 0 Å². The Labute approximate surface area is 143 Å². The number of hydrogen-bond donors (Lipinski definition) is 2. The van der Waals surface area contributed by atoms with Crippen LogP contribution in [0.25, 0.3) is 0 Å². The van der Waals surface area contributed by atoms with E-state index in [0.717, 1.165) is 30.6 Å². The van der Waals surface area contributed by atoms with Crippen LogP contribution in [0.3, 0.4) is 0 Å². The fourth-order valence-electron chi connectivity index (χ4n) is 2.77. The van der Waals surface area contributed by atoms with Gasteiger partial charge in [-0.05, 0) is 40.8 Å². The minimum Gasteiger partial charge on any atom is -0.384 e. The molecule has 0 atom stereocenters. The summed E-state index contributed by atoms with van der Waals surface area (Å²) < 4.78 is 32.5. The van der Waals surface area contributed by atoms with E-state index in [1.807, 2.05) is 18.2 Å². The van der Waals surface area contributed by atoms with Gasteiger partial charge in [0.15, 0.2) is 0 Å². The molecule has 1 aliphatic rings. The van der Waals surface area contributed by atoms with Crippen LogP contribution in [0.4, 0.5) is 0 Å². The van der Waals surface area contributed by atoms with Crippen LogP contribution in [0.1, 0.15) is 22.3 Å². The average Bonchev–Trinajstić information content (AvgIpc) is 3.06. The topological polar surface area (TPSA) is 67.4 Å². The summed E-state index contributed by atoms with van der Waals surface area (Å²) in [4.78, 5) is 0.284. The number of ether oxygens (including phenoxy) is 1. The Hall–Kier alpha value is -1.73. The van der Waals surface area contributed by atoms with Crippen LogP contribution in [-0.4, -0.2) is 22.1 Å². The van der Waals surface area contributed by atoms with Gasteiger partial charge in [-0.3, -0.25) is 0 Å². The lowest BCUT2D eigenvalue weighted by Gasteiger charge is -2.09. The van der Waals surface area contributed by atoms with E-state index >= 15 is 0 Å². The average molecular weight is 346 g/mol. The first-order chi connectivity index (χ1) is 11.6. The van der Waals surface area contributed by atoms with Crippen LogP contribution >= 0.6 is 0 Å². The predicted molar refractivity (Wildman–Crippen MR) is 93.0 cm³/mol. The standard InChI is InChI=1S/C18H22N2O3S/c1-23-9-8-14-3-6-18(7-4-14)24(21,22)20-11-15-2-5-16-12-19-13-17(16)10-15/h2-7,10,19-20H,8-9,11-13H2,1H3. The Morgan fingerprint density at radius 1 is 1.04 bits per heavy atom. The Kier molecular flexibility index (Phi) is 5.30. The third-order valence-electron chi connectivity index (χ3n) is 4.20. The SMILES string of the molecule is COCCc1ccc(S(=O)(=O)NCc2ccc3c(c2)CNC3)cc1. The molecule has 0 aliphatic carbocycles. The van der Waals surface area contributed by atoms with Crippen molar-refractivity contribution in [3.05, 3.63) is 64.7 Å². The van der Waals surface area contributed by atoms with E-state index < -0.39 is 10.0 Å². The van der Waals surface area contributed by atoms with Gasteiger partial charge in [-0.25, -0.2) is 13.1 Å². The molecule has 0 saturated heterocycles. The summed E-state index contributed by atoms with van der Waals surface area (Å²) in [6.45, 7) is 2.65. The van der Waals surface area contributed by atoms with Gasteiger partial charge in [-0.2, -0.15) is 0 Å². The first-order valence-electron chi connectivity index (χ1n) is 7.97. The van der Waals surface area contributed by atoms with Gasteiger partial charge >= 0.3 is 0 Å². The Morgan fingerprint density at radius 3 is 2.50 bits per heavy atom. The summed E-state index contributed by atoms with van der Waals surface area (Å²) in [6, 6.07) is 13.0. The van der Waals surface area contributed by atoms with Crippen LogP contribution in [0.15, 0.2) is 47.4 Å². The van der Waals surface area contributed by atoms with Crippen LogP contribution in [0, 0.1) is 0 Å². The van der Waals surface area contributed by atoms with Gasteiger partial charge in [0, 0.05) is 26.7 Å². The maximum absolute atomic E-state index is 12.4. The third kappa shape index (κ3) is 4.02. The lowest BCUT2D eigenvalue weighted by molar-refractivity contribution is 0.202. The van der Waals surface area contributed by atoms with Gasteiger partial charge in [0.05, 0.1) is 11.5 Å². The molecule has 0 spiro atoms. The second-order valence-corrected chi connectivity index (χ2v) is 7.68. The highest BCUT2D eigenvalue weighted by molar-refractivity contribution is 7.89. The lowest BCUT2D eigenvalue weighted by Crippen LogP contribution is -2.23. The molecule has 0 amide bonds. The molecule has 5 nitrogen and oxygen atoms in total. The molecular weight excluding hydrogens is 324 g/mol. The molecule has 2 aromatic carbocycles. The number of rotatable bonds is 7. The zero-order valence-corrected chi connectivity index (χ0v) is 14.5. The molecule has 24 heavy (non-hydrogen) atoms. The predicted octanol–water partition coefficient (Wildman–Crippen LogP) is 1.96. The molecule has 3 rings (SSSR count).